The normalized spacial score (nSPS) is 13.5. The minimum Gasteiger partial charge on any atom is -0.691 e. The van der Waals surface area contributed by atoms with Gasteiger partial charge in [-0.2, -0.15) is 43.8 Å². The van der Waals surface area contributed by atoms with Crippen LogP contribution in [0.4, 0.5) is 39.5 Å². The Morgan fingerprint density at radius 2 is 1.47 bits per heavy atom. The summed E-state index contributed by atoms with van der Waals surface area (Å²) in [5, 5.41) is 11.1. The Kier molecular flexibility index (Phi) is 14.1. The molecule has 0 heterocycles. The first-order chi connectivity index (χ1) is 16.1. The van der Waals surface area contributed by atoms with Crippen LogP contribution in [0.3, 0.4) is 0 Å². The molecule has 0 saturated carbocycles. The number of alkyl halides is 9. The van der Waals surface area contributed by atoms with Crippen molar-refractivity contribution in [2.75, 3.05) is 13.2 Å². The number of halogens is 9. The minimum absolute atomic E-state index is 0. The van der Waals surface area contributed by atoms with E-state index in [4.69, 9.17) is 4.74 Å². The molecule has 36 heavy (non-hydrogen) atoms. The molecule has 0 bridgehead atoms. The molecule has 1 unspecified atom stereocenters. The maximum atomic E-state index is 13.5. The monoisotopic (exact) mass is 570 g/mol. The average Bonchev–Trinajstić information content (AvgIpc) is 2.76. The molecule has 1 atom stereocenters. The molecule has 0 saturated heterocycles. The summed E-state index contributed by atoms with van der Waals surface area (Å²) in [5.41, 5.74) is 0.780. The van der Waals surface area contributed by atoms with Gasteiger partial charge in [0.1, 0.15) is 5.25 Å². The smallest absolute Gasteiger partial charge is 0.691 e. The molecule has 200 valence electrons. The first-order valence-corrected chi connectivity index (χ1v) is 10.1. The first kappa shape index (κ1) is 34.8. The van der Waals surface area contributed by atoms with Gasteiger partial charge in [-0.15, -0.1) is 0 Å². The summed E-state index contributed by atoms with van der Waals surface area (Å²) in [6.07, 6.45) is -10.1. The van der Waals surface area contributed by atoms with E-state index in [0.717, 1.165) is 5.56 Å². The number of hydrogen-bond donors (Lipinski definition) is 0. The average molecular weight is 570 g/mol. The maximum Gasteiger partial charge on any atom is 1.00 e. The summed E-state index contributed by atoms with van der Waals surface area (Å²) in [5.74, 6) is -22.6. The van der Waals surface area contributed by atoms with Gasteiger partial charge in [0.15, 0.2) is 0 Å². The van der Waals surface area contributed by atoms with Crippen molar-refractivity contribution in [1.29, 1.82) is 0 Å². The second kappa shape index (κ2) is 14.6. The summed E-state index contributed by atoms with van der Waals surface area (Å²) in [6, 6.07) is 8.59. The summed E-state index contributed by atoms with van der Waals surface area (Å²) in [4.78, 5) is 23.8. The van der Waals surface area contributed by atoms with E-state index in [9.17, 15) is 54.4 Å². The Bertz CT molecular complexity index is 829. The van der Waals surface area contributed by atoms with E-state index in [-0.39, 0.29) is 54.6 Å². The zero-order valence-corrected chi connectivity index (χ0v) is 21.0. The van der Waals surface area contributed by atoms with Crippen molar-refractivity contribution in [1.82, 2.24) is 0 Å². The van der Waals surface area contributed by atoms with Crippen molar-refractivity contribution in [3.63, 3.8) is 0 Å². The largest absolute Gasteiger partial charge is 1.00 e. The molecular weight excluding hydrogens is 554 g/mol. The molecule has 0 fully saturated rings. The van der Waals surface area contributed by atoms with Gasteiger partial charge >= 0.3 is 65.4 Å². The van der Waals surface area contributed by atoms with Gasteiger partial charge in [0.05, 0.1) is 26.1 Å². The van der Waals surface area contributed by atoms with Gasteiger partial charge in [-0.05, 0) is 5.56 Å². The van der Waals surface area contributed by atoms with Crippen molar-refractivity contribution in [3.05, 3.63) is 35.9 Å². The van der Waals surface area contributed by atoms with Gasteiger partial charge in [-0.3, -0.25) is 14.6 Å². The van der Waals surface area contributed by atoms with Crippen LogP contribution in [0.15, 0.2) is 30.3 Å². The van der Waals surface area contributed by atoms with Crippen LogP contribution in [0.2, 0.25) is 0 Å². The molecule has 18 heteroatoms. The Balaban J connectivity index is 0.0000122. The van der Waals surface area contributed by atoms with E-state index in [1.165, 1.54) is 0 Å². The fourth-order valence-electron chi connectivity index (χ4n) is 2.30. The standard InChI is InChI=1S/C18H17F9O7S.Na/c19-15(20,16(21,22)17(23,24)18(25,26)27)7-9-32-14(29)12(35-34-33-30)10-13(28)31-8-6-11-4-2-1-3-5-11;/h1-5,12,30H,6-10H2;/q;+1/p-1. The van der Waals surface area contributed by atoms with Crippen LogP contribution in [0, 0.1) is 0 Å². The minimum atomic E-state index is -7.09. The van der Waals surface area contributed by atoms with Crippen molar-refractivity contribution >= 4 is 24.0 Å². The third kappa shape index (κ3) is 9.57. The Hall–Kier alpha value is -1.24. The molecule has 0 spiro atoms. The van der Waals surface area contributed by atoms with E-state index in [1.54, 1.807) is 30.3 Å². The molecule has 0 N–H and O–H groups in total. The van der Waals surface area contributed by atoms with Crippen LogP contribution in [0.25, 0.3) is 0 Å². The van der Waals surface area contributed by atoms with Gasteiger partial charge in [0.25, 0.3) is 0 Å². The number of esters is 2. The van der Waals surface area contributed by atoms with E-state index >= 15 is 0 Å². The molecule has 0 aliphatic rings. The number of carbonyl (C=O) groups is 2. The second-order valence-electron chi connectivity index (χ2n) is 6.65. The van der Waals surface area contributed by atoms with Gasteiger partial charge < -0.3 is 14.7 Å². The Labute approximate surface area is 223 Å². The molecule has 0 aromatic heterocycles. The number of hydrogen-bond acceptors (Lipinski definition) is 8. The summed E-state index contributed by atoms with van der Waals surface area (Å²) >= 11 is -0.156. The van der Waals surface area contributed by atoms with Gasteiger partial charge in [0, 0.05) is 18.5 Å². The molecule has 0 aliphatic carbocycles. The van der Waals surface area contributed by atoms with E-state index in [2.05, 4.69) is 14.1 Å². The fourth-order valence-corrected chi connectivity index (χ4v) is 2.77. The fraction of sp³-hybridized carbons (Fsp3) is 0.556. The van der Waals surface area contributed by atoms with Crippen LogP contribution in [0.5, 0.6) is 0 Å². The first-order valence-electron chi connectivity index (χ1n) is 9.25. The van der Waals surface area contributed by atoms with Crippen molar-refractivity contribution < 1.29 is 103 Å². The van der Waals surface area contributed by atoms with E-state index in [0.29, 0.717) is 0 Å². The maximum absolute atomic E-state index is 13.5. The van der Waals surface area contributed by atoms with Crippen LogP contribution in [-0.2, 0) is 34.9 Å². The third-order valence-corrected chi connectivity index (χ3v) is 4.89. The second-order valence-corrected chi connectivity index (χ2v) is 7.55. The molecule has 0 radical (unpaired) electrons. The van der Waals surface area contributed by atoms with E-state index in [1.807, 2.05) is 0 Å². The van der Waals surface area contributed by atoms with Crippen molar-refractivity contribution in [3.8, 4) is 0 Å². The zero-order valence-electron chi connectivity index (χ0n) is 18.2. The molecule has 1 aromatic carbocycles. The number of rotatable bonds is 14. The SMILES string of the molecule is O=C(CC(SOO[O-])C(=O)OCCC(F)(F)C(F)(F)C(F)(F)C(F)(F)F)OCCc1ccccc1.[Na+]. The topological polar surface area (TPSA) is 94.1 Å². The quantitative estimate of drug-likeness (QED) is 0.0811. The molecule has 1 aromatic rings. The summed E-state index contributed by atoms with van der Waals surface area (Å²) in [7, 11) is 0. The molecule has 1 rings (SSSR count). The molecule has 0 amide bonds. The Morgan fingerprint density at radius 3 is 2.00 bits per heavy atom. The number of benzene rings is 1. The van der Waals surface area contributed by atoms with Crippen molar-refractivity contribution in [2.24, 2.45) is 0 Å². The van der Waals surface area contributed by atoms with Gasteiger partial charge in [0.2, 0.25) is 0 Å². The zero-order chi connectivity index (χ0) is 26.9. The van der Waals surface area contributed by atoms with Gasteiger partial charge in [-0.1, -0.05) is 30.3 Å². The van der Waals surface area contributed by atoms with Crippen LogP contribution in [-0.4, -0.2) is 54.3 Å². The summed E-state index contributed by atoms with van der Waals surface area (Å²) in [6.45, 7) is -1.92. The third-order valence-electron chi connectivity index (χ3n) is 4.16. The molecule has 7 nitrogen and oxygen atoms in total. The Morgan fingerprint density at radius 1 is 0.889 bits per heavy atom. The van der Waals surface area contributed by atoms with Gasteiger partial charge in [-0.25, -0.2) is 0 Å². The van der Waals surface area contributed by atoms with Crippen molar-refractivity contribution in [2.45, 2.75) is 48.5 Å². The summed E-state index contributed by atoms with van der Waals surface area (Å²) < 4.78 is 128. The predicted octanol–water partition coefficient (Wildman–Crippen LogP) is 0.808. The molecular formula is C18H16F9NaO7S. The van der Waals surface area contributed by atoms with Crippen LogP contribution < -0.4 is 34.8 Å². The van der Waals surface area contributed by atoms with Crippen LogP contribution >= 0.6 is 12.0 Å². The van der Waals surface area contributed by atoms with Crippen LogP contribution in [0.1, 0.15) is 18.4 Å². The number of ether oxygens (including phenoxy) is 2. The number of carbonyl (C=O) groups excluding carboxylic acids is 2. The van der Waals surface area contributed by atoms with E-state index < -0.39 is 60.6 Å². The molecule has 0 aliphatic heterocycles. The predicted molar refractivity (Wildman–Crippen MR) is 95.7 cm³/mol.